The molecule has 0 saturated heterocycles. The molecule has 0 fully saturated rings. The number of rotatable bonds is 8. The molecule has 30 heavy (non-hydrogen) atoms. The molecule has 1 N–H and O–H groups in total. The standard InChI is InChI=1S/C23H23ClN2O4/c1-2-29-22-14-20(15-6-8-16(9-7-15)23(27)28)25-26(22)10-11-30-21-13-18-5-3-4-17(18)12-19(21)24/h6-9,12-14H,2-5,10-11H2,1H3,(H,27,28). The number of hydrogen-bond acceptors (Lipinski definition) is 4. The van der Waals surface area contributed by atoms with Gasteiger partial charge in [-0.3, -0.25) is 0 Å². The van der Waals surface area contributed by atoms with Crippen molar-refractivity contribution in [1.82, 2.24) is 9.78 Å². The number of halogens is 1. The lowest BCUT2D eigenvalue weighted by molar-refractivity contribution is 0.0697. The lowest BCUT2D eigenvalue weighted by Crippen LogP contribution is -2.12. The van der Waals surface area contributed by atoms with Gasteiger partial charge in [0, 0.05) is 11.6 Å². The average molecular weight is 427 g/mol. The van der Waals surface area contributed by atoms with E-state index >= 15 is 0 Å². The highest BCUT2D eigenvalue weighted by atomic mass is 35.5. The maximum atomic E-state index is 11.1. The molecule has 3 aromatic rings. The lowest BCUT2D eigenvalue weighted by atomic mass is 10.1. The van der Waals surface area contributed by atoms with Crippen molar-refractivity contribution >= 4 is 17.6 Å². The minimum absolute atomic E-state index is 0.239. The molecule has 0 radical (unpaired) electrons. The second-order valence-corrected chi connectivity index (χ2v) is 7.57. The number of ether oxygens (including phenoxy) is 2. The van der Waals surface area contributed by atoms with Crippen molar-refractivity contribution in [3.63, 3.8) is 0 Å². The number of carboxylic acid groups (broad SMARTS) is 1. The van der Waals surface area contributed by atoms with E-state index < -0.39 is 5.97 Å². The Balaban J connectivity index is 1.48. The molecule has 7 heteroatoms. The van der Waals surface area contributed by atoms with Gasteiger partial charge in [-0.05, 0) is 61.6 Å². The van der Waals surface area contributed by atoms with E-state index in [1.54, 1.807) is 28.9 Å². The number of aromatic nitrogens is 2. The van der Waals surface area contributed by atoms with Crippen molar-refractivity contribution in [1.29, 1.82) is 0 Å². The van der Waals surface area contributed by atoms with Crippen molar-refractivity contribution in [3.8, 4) is 22.9 Å². The number of nitrogens with zero attached hydrogens (tertiary/aromatic N) is 2. The monoisotopic (exact) mass is 426 g/mol. The summed E-state index contributed by atoms with van der Waals surface area (Å²) in [7, 11) is 0. The van der Waals surface area contributed by atoms with Gasteiger partial charge >= 0.3 is 5.97 Å². The Kier molecular flexibility index (Phi) is 5.95. The fourth-order valence-corrected chi connectivity index (χ4v) is 3.91. The normalized spacial score (nSPS) is 12.6. The summed E-state index contributed by atoms with van der Waals surface area (Å²) in [5.41, 5.74) is 4.41. The summed E-state index contributed by atoms with van der Waals surface area (Å²) < 4.78 is 13.4. The Morgan fingerprint density at radius 3 is 2.57 bits per heavy atom. The van der Waals surface area contributed by atoms with E-state index in [2.05, 4.69) is 5.10 Å². The van der Waals surface area contributed by atoms with Crippen LogP contribution in [0.15, 0.2) is 42.5 Å². The van der Waals surface area contributed by atoms with Gasteiger partial charge in [0.15, 0.2) is 0 Å². The first-order chi connectivity index (χ1) is 14.5. The lowest BCUT2D eigenvalue weighted by Gasteiger charge is -2.12. The van der Waals surface area contributed by atoms with Crippen LogP contribution in [0.1, 0.15) is 34.8 Å². The van der Waals surface area contributed by atoms with Gasteiger partial charge in [-0.2, -0.15) is 5.10 Å². The van der Waals surface area contributed by atoms with E-state index in [0.29, 0.717) is 42.1 Å². The number of fused-ring (bicyclic) bond motifs is 1. The van der Waals surface area contributed by atoms with Crippen LogP contribution in [0, 0.1) is 0 Å². The fourth-order valence-electron chi connectivity index (χ4n) is 3.67. The predicted octanol–water partition coefficient (Wildman–Crippen LogP) is 4.87. The molecule has 0 unspecified atom stereocenters. The van der Waals surface area contributed by atoms with Gasteiger partial charge < -0.3 is 14.6 Å². The summed E-state index contributed by atoms with van der Waals surface area (Å²) in [5.74, 6) is 0.384. The summed E-state index contributed by atoms with van der Waals surface area (Å²) in [6.07, 6.45) is 3.31. The van der Waals surface area contributed by atoms with Gasteiger partial charge in [-0.25, -0.2) is 9.48 Å². The largest absolute Gasteiger partial charge is 0.490 e. The highest BCUT2D eigenvalue weighted by Crippen LogP contribution is 2.33. The van der Waals surface area contributed by atoms with Gasteiger partial charge in [0.25, 0.3) is 0 Å². The van der Waals surface area contributed by atoms with Crippen LogP contribution < -0.4 is 9.47 Å². The van der Waals surface area contributed by atoms with E-state index in [0.717, 1.165) is 24.8 Å². The quantitative estimate of drug-likeness (QED) is 0.556. The molecule has 1 heterocycles. The van der Waals surface area contributed by atoms with E-state index in [1.807, 2.05) is 25.1 Å². The first-order valence-corrected chi connectivity index (χ1v) is 10.4. The van der Waals surface area contributed by atoms with Crippen molar-refractivity contribution < 1.29 is 19.4 Å². The third-order valence-corrected chi connectivity index (χ3v) is 5.47. The summed E-state index contributed by atoms with van der Waals surface area (Å²) in [4.78, 5) is 11.1. The number of benzene rings is 2. The number of hydrogen-bond donors (Lipinski definition) is 1. The number of aromatic carboxylic acids is 1. The topological polar surface area (TPSA) is 73.6 Å². The van der Waals surface area contributed by atoms with Crippen LogP contribution in [0.5, 0.6) is 11.6 Å². The Bertz CT molecular complexity index is 1060. The zero-order valence-corrected chi connectivity index (χ0v) is 17.5. The summed E-state index contributed by atoms with van der Waals surface area (Å²) >= 11 is 6.38. The van der Waals surface area contributed by atoms with Crippen LogP contribution in [-0.2, 0) is 19.4 Å². The highest BCUT2D eigenvalue weighted by Gasteiger charge is 2.16. The Morgan fingerprint density at radius 2 is 1.87 bits per heavy atom. The maximum absolute atomic E-state index is 11.1. The second kappa shape index (κ2) is 8.79. The molecule has 4 rings (SSSR count). The second-order valence-electron chi connectivity index (χ2n) is 7.16. The number of carboxylic acids is 1. The smallest absolute Gasteiger partial charge is 0.335 e. The summed E-state index contributed by atoms with van der Waals surface area (Å²) in [6.45, 7) is 3.33. The van der Waals surface area contributed by atoms with E-state index in [-0.39, 0.29) is 5.56 Å². The molecule has 1 aliphatic carbocycles. The molecule has 0 saturated carbocycles. The first kappa shape index (κ1) is 20.3. The Labute approximate surface area is 180 Å². The molecular formula is C23H23ClN2O4. The van der Waals surface area contributed by atoms with E-state index in [4.69, 9.17) is 26.2 Å². The zero-order chi connectivity index (χ0) is 21.1. The Hall–Kier alpha value is -2.99. The molecule has 0 bridgehead atoms. The average Bonchev–Trinajstić information content (AvgIpc) is 3.35. The Morgan fingerprint density at radius 1 is 1.13 bits per heavy atom. The van der Waals surface area contributed by atoms with Crippen LogP contribution in [0.25, 0.3) is 11.3 Å². The van der Waals surface area contributed by atoms with E-state index in [9.17, 15) is 4.79 Å². The predicted molar refractivity (Wildman–Crippen MR) is 115 cm³/mol. The van der Waals surface area contributed by atoms with Crippen LogP contribution >= 0.6 is 11.6 Å². The van der Waals surface area contributed by atoms with Crippen LogP contribution in [0.2, 0.25) is 5.02 Å². The zero-order valence-electron chi connectivity index (χ0n) is 16.7. The fraction of sp³-hybridized carbons (Fsp3) is 0.304. The van der Waals surface area contributed by atoms with Gasteiger partial charge in [-0.15, -0.1) is 0 Å². The third kappa shape index (κ3) is 4.28. The number of carbonyl (C=O) groups is 1. The SMILES string of the molecule is CCOc1cc(-c2ccc(C(=O)O)cc2)nn1CCOc1cc2c(cc1Cl)CCC2. The van der Waals surface area contributed by atoms with Crippen LogP contribution in [0.4, 0.5) is 0 Å². The van der Waals surface area contributed by atoms with Crippen molar-refractivity contribution in [3.05, 3.63) is 64.2 Å². The van der Waals surface area contributed by atoms with Crippen LogP contribution in [0.3, 0.4) is 0 Å². The van der Waals surface area contributed by atoms with Crippen molar-refractivity contribution in [2.45, 2.75) is 32.7 Å². The van der Waals surface area contributed by atoms with Crippen LogP contribution in [-0.4, -0.2) is 34.1 Å². The molecule has 2 aromatic carbocycles. The molecule has 1 aliphatic rings. The van der Waals surface area contributed by atoms with E-state index in [1.165, 1.54) is 11.1 Å². The molecule has 0 amide bonds. The summed E-state index contributed by atoms with van der Waals surface area (Å²) in [6, 6.07) is 12.5. The molecule has 156 valence electrons. The third-order valence-electron chi connectivity index (χ3n) is 5.17. The summed E-state index contributed by atoms with van der Waals surface area (Å²) in [5, 5.41) is 14.3. The minimum Gasteiger partial charge on any atom is -0.490 e. The van der Waals surface area contributed by atoms with Gasteiger partial charge in [0.1, 0.15) is 12.4 Å². The van der Waals surface area contributed by atoms with Gasteiger partial charge in [-0.1, -0.05) is 23.7 Å². The highest BCUT2D eigenvalue weighted by molar-refractivity contribution is 6.32. The maximum Gasteiger partial charge on any atom is 0.335 e. The molecule has 0 spiro atoms. The molecule has 0 aliphatic heterocycles. The molecule has 1 aromatic heterocycles. The molecular weight excluding hydrogens is 404 g/mol. The minimum atomic E-state index is -0.954. The number of aryl methyl sites for hydroxylation is 2. The van der Waals surface area contributed by atoms with Crippen molar-refractivity contribution in [2.24, 2.45) is 0 Å². The van der Waals surface area contributed by atoms with Gasteiger partial charge in [0.2, 0.25) is 5.88 Å². The molecule has 6 nitrogen and oxygen atoms in total. The molecule has 0 atom stereocenters. The first-order valence-electron chi connectivity index (χ1n) is 10.0. The van der Waals surface area contributed by atoms with Gasteiger partial charge in [0.05, 0.1) is 29.4 Å². The van der Waals surface area contributed by atoms with Crippen molar-refractivity contribution in [2.75, 3.05) is 13.2 Å².